The number of rotatable bonds is 6. The molecular weight excluding hydrogens is 304 g/mol. The SMILES string of the molecule is O=Cc1c(O)cccc1OC[C@@H]1CCCCN1Cc1cccnc1. The Balaban J connectivity index is 1.66. The maximum Gasteiger partial charge on any atom is 0.157 e. The van der Waals surface area contributed by atoms with Crippen LogP contribution in [0.5, 0.6) is 11.5 Å². The van der Waals surface area contributed by atoms with Crippen molar-refractivity contribution in [2.45, 2.75) is 31.8 Å². The molecule has 1 fully saturated rings. The van der Waals surface area contributed by atoms with Gasteiger partial charge in [-0.05, 0) is 43.1 Å². The van der Waals surface area contributed by atoms with Gasteiger partial charge in [0.25, 0.3) is 0 Å². The van der Waals surface area contributed by atoms with Crippen molar-refractivity contribution in [2.24, 2.45) is 0 Å². The zero-order valence-corrected chi connectivity index (χ0v) is 13.6. The highest BCUT2D eigenvalue weighted by molar-refractivity contribution is 5.83. The summed E-state index contributed by atoms with van der Waals surface area (Å²) in [6, 6.07) is 9.23. The first-order valence-electron chi connectivity index (χ1n) is 8.31. The van der Waals surface area contributed by atoms with Crippen molar-refractivity contribution >= 4 is 6.29 Å². The van der Waals surface area contributed by atoms with Gasteiger partial charge in [0.15, 0.2) is 6.29 Å². The number of benzene rings is 1. The van der Waals surface area contributed by atoms with Crippen LogP contribution in [0.15, 0.2) is 42.7 Å². The minimum atomic E-state index is -0.0432. The fourth-order valence-corrected chi connectivity index (χ4v) is 3.15. The first-order chi connectivity index (χ1) is 11.8. The third kappa shape index (κ3) is 3.92. The standard InChI is InChI=1S/C19H22N2O3/c22-13-17-18(23)7-3-8-19(17)24-14-16-6-1-2-10-21(16)12-15-5-4-9-20-11-15/h3-5,7-9,11,13,16,23H,1-2,6,10,12,14H2/t16-/m0/s1. The lowest BCUT2D eigenvalue weighted by molar-refractivity contribution is 0.0920. The van der Waals surface area contributed by atoms with E-state index in [0.717, 1.165) is 19.5 Å². The first-order valence-corrected chi connectivity index (χ1v) is 8.31. The number of pyridine rings is 1. The maximum absolute atomic E-state index is 11.1. The number of phenolic OH excluding ortho intramolecular Hbond substituents is 1. The summed E-state index contributed by atoms with van der Waals surface area (Å²) in [7, 11) is 0. The fourth-order valence-electron chi connectivity index (χ4n) is 3.15. The van der Waals surface area contributed by atoms with E-state index in [2.05, 4.69) is 16.0 Å². The molecule has 1 aliphatic heterocycles. The lowest BCUT2D eigenvalue weighted by atomic mass is 10.0. The largest absolute Gasteiger partial charge is 0.507 e. The molecule has 0 bridgehead atoms. The van der Waals surface area contributed by atoms with Gasteiger partial charge in [-0.15, -0.1) is 0 Å². The van der Waals surface area contributed by atoms with E-state index in [-0.39, 0.29) is 11.3 Å². The molecule has 1 aromatic heterocycles. The van der Waals surface area contributed by atoms with E-state index in [0.29, 0.717) is 24.7 Å². The van der Waals surface area contributed by atoms with E-state index < -0.39 is 0 Å². The van der Waals surface area contributed by atoms with Crippen molar-refractivity contribution in [3.8, 4) is 11.5 Å². The van der Waals surface area contributed by atoms with Crippen LogP contribution in [-0.4, -0.2) is 40.5 Å². The molecule has 24 heavy (non-hydrogen) atoms. The maximum atomic E-state index is 11.1. The van der Waals surface area contributed by atoms with Crippen LogP contribution in [0, 0.1) is 0 Å². The summed E-state index contributed by atoms with van der Waals surface area (Å²) in [4.78, 5) is 17.7. The monoisotopic (exact) mass is 326 g/mol. The number of aromatic nitrogens is 1. The summed E-state index contributed by atoms with van der Waals surface area (Å²) in [6.07, 6.45) is 7.74. The Morgan fingerprint density at radius 3 is 3.00 bits per heavy atom. The molecule has 0 radical (unpaired) electrons. The quantitative estimate of drug-likeness (QED) is 0.827. The van der Waals surface area contributed by atoms with Crippen LogP contribution in [0.4, 0.5) is 0 Å². The Kier molecular flexibility index (Phi) is 5.43. The van der Waals surface area contributed by atoms with Crippen molar-refractivity contribution in [3.05, 3.63) is 53.9 Å². The summed E-state index contributed by atoms with van der Waals surface area (Å²) < 4.78 is 5.87. The Bertz CT molecular complexity index is 676. The number of ether oxygens (including phenoxy) is 1. The molecule has 1 saturated heterocycles. The Morgan fingerprint density at radius 2 is 2.21 bits per heavy atom. The van der Waals surface area contributed by atoms with Gasteiger partial charge in [-0.3, -0.25) is 14.7 Å². The molecule has 5 heteroatoms. The predicted octanol–water partition coefficient (Wildman–Crippen LogP) is 3.03. The van der Waals surface area contributed by atoms with Crippen molar-refractivity contribution in [3.63, 3.8) is 0 Å². The molecule has 126 valence electrons. The average molecular weight is 326 g/mol. The number of carbonyl (C=O) groups is 1. The number of aldehydes is 1. The number of nitrogens with zero attached hydrogens (tertiary/aromatic N) is 2. The highest BCUT2D eigenvalue weighted by atomic mass is 16.5. The normalized spacial score (nSPS) is 18.2. The van der Waals surface area contributed by atoms with E-state index in [9.17, 15) is 9.90 Å². The Morgan fingerprint density at radius 1 is 1.29 bits per heavy atom. The van der Waals surface area contributed by atoms with Crippen LogP contribution >= 0.6 is 0 Å². The highest BCUT2D eigenvalue weighted by Crippen LogP contribution is 2.27. The van der Waals surface area contributed by atoms with E-state index in [1.165, 1.54) is 24.5 Å². The number of likely N-dealkylation sites (tertiary alicyclic amines) is 1. The second-order valence-corrected chi connectivity index (χ2v) is 6.10. The predicted molar refractivity (Wildman–Crippen MR) is 91.3 cm³/mol. The van der Waals surface area contributed by atoms with Crippen molar-refractivity contribution < 1.29 is 14.6 Å². The highest BCUT2D eigenvalue weighted by Gasteiger charge is 2.23. The van der Waals surface area contributed by atoms with E-state index in [4.69, 9.17) is 4.74 Å². The number of piperidine rings is 1. The molecule has 0 amide bonds. The molecular formula is C19H22N2O3. The van der Waals surface area contributed by atoms with Crippen molar-refractivity contribution in [2.75, 3.05) is 13.2 Å². The lowest BCUT2D eigenvalue weighted by Gasteiger charge is -2.35. The molecule has 0 unspecified atom stereocenters. The Hall–Kier alpha value is -2.40. The zero-order valence-electron chi connectivity index (χ0n) is 13.6. The van der Waals surface area contributed by atoms with Crippen LogP contribution in [0.1, 0.15) is 35.2 Å². The second-order valence-electron chi connectivity index (χ2n) is 6.10. The van der Waals surface area contributed by atoms with Gasteiger partial charge < -0.3 is 9.84 Å². The topological polar surface area (TPSA) is 62.7 Å². The van der Waals surface area contributed by atoms with Gasteiger partial charge >= 0.3 is 0 Å². The Labute approximate surface area is 141 Å². The van der Waals surface area contributed by atoms with Gasteiger partial charge in [-0.1, -0.05) is 18.6 Å². The zero-order chi connectivity index (χ0) is 16.8. The molecule has 3 rings (SSSR count). The molecule has 2 heterocycles. The molecule has 1 N–H and O–H groups in total. The van der Waals surface area contributed by atoms with Crippen LogP contribution in [-0.2, 0) is 6.54 Å². The van der Waals surface area contributed by atoms with E-state index >= 15 is 0 Å². The van der Waals surface area contributed by atoms with Gasteiger partial charge in [-0.2, -0.15) is 0 Å². The molecule has 0 saturated carbocycles. The fraction of sp³-hybridized carbons (Fsp3) is 0.368. The first kappa shape index (κ1) is 16.5. The molecule has 5 nitrogen and oxygen atoms in total. The number of phenols is 1. The summed E-state index contributed by atoms with van der Waals surface area (Å²) in [5.74, 6) is 0.398. The minimum absolute atomic E-state index is 0.0432. The van der Waals surface area contributed by atoms with E-state index in [1.54, 1.807) is 18.3 Å². The van der Waals surface area contributed by atoms with Crippen molar-refractivity contribution in [1.82, 2.24) is 9.88 Å². The molecule has 1 aliphatic rings. The van der Waals surface area contributed by atoms with E-state index in [1.807, 2.05) is 12.3 Å². The van der Waals surface area contributed by atoms with Crippen LogP contribution in [0.3, 0.4) is 0 Å². The molecule has 1 atom stereocenters. The summed E-state index contributed by atoms with van der Waals surface area (Å²) >= 11 is 0. The smallest absolute Gasteiger partial charge is 0.157 e. The van der Waals surface area contributed by atoms with Crippen LogP contribution < -0.4 is 4.74 Å². The van der Waals surface area contributed by atoms with Gasteiger partial charge in [0.05, 0.1) is 5.56 Å². The molecule has 2 aromatic rings. The van der Waals surface area contributed by atoms with Crippen LogP contribution in [0.2, 0.25) is 0 Å². The van der Waals surface area contributed by atoms with Gasteiger partial charge in [-0.25, -0.2) is 0 Å². The number of hydrogen-bond acceptors (Lipinski definition) is 5. The molecule has 1 aromatic carbocycles. The molecule has 0 aliphatic carbocycles. The second kappa shape index (κ2) is 7.93. The average Bonchev–Trinajstić information content (AvgIpc) is 2.62. The molecule has 0 spiro atoms. The third-order valence-electron chi connectivity index (χ3n) is 4.45. The van der Waals surface area contributed by atoms with Crippen molar-refractivity contribution in [1.29, 1.82) is 0 Å². The summed E-state index contributed by atoms with van der Waals surface area (Å²) in [5, 5.41) is 9.75. The van der Waals surface area contributed by atoms with Gasteiger partial charge in [0.1, 0.15) is 18.1 Å². The third-order valence-corrected chi connectivity index (χ3v) is 4.45. The lowest BCUT2D eigenvalue weighted by Crippen LogP contribution is -2.42. The van der Waals surface area contributed by atoms with Gasteiger partial charge in [0.2, 0.25) is 0 Å². The summed E-state index contributed by atoms with van der Waals surface area (Å²) in [6.45, 7) is 2.39. The number of aromatic hydroxyl groups is 1. The number of hydrogen-bond donors (Lipinski definition) is 1. The van der Waals surface area contributed by atoms with Crippen LogP contribution in [0.25, 0.3) is 0 Å². The summed E-state index contributed by atoms with van der Waals surface area (Å²) in [5.41, 5.74) is 1.41. The number of carbonyl (C=O) groups excluding carboxylic acids is 1. The van der Waals surface area contributed by atoms with Gasteiger partial charge in [0, 0.05) is 25.0 Å². The minimum Gasteiger partial charge on any atom is -0.507 e.